The first-order chi connectivity index (χ1) is 17.1. The summed E-state index contributed by atoms with van der Waals surface area (Å²) in [5.41, 5.74) is 4.57. The number of thiazole rings is 1. The molecule has 1 saturated heterocycles. The van der Waals surface area contributed by atoms with E-state index in [-0.39, 0.29) is 23.3 Å². The van der Waals surface area contributed by atoms with Gasteiger partial charge in [-0.05, 0) is 60.1 Å². The summed E-state index contributed by atoms with van der Waals surface area (Å²) in [5.74, 6) is 0.557. The predicted octanol–water partition coefficient (Wildman–Crippen LogP) is 5.89. The van der Waals surface area contributed by atoms with E-state index in [1.54, 1.807) is 18.0 Å². The average molecular weight is 524 g/mol. The number of likely N-dealkylation sites (tertiary alicyclic amines) is 1. The summed E-state index contributed by atoms with van der Waals surface area (Å²) in [6, 6.07) is 13.7. The number of piperidine rings is 1. The summed E-state index contributed by atoms with van der Waals surface area (Å²) in [6.45, 7) is 9.58. The molecule has 1 aromatic heterocycles. The summed E-state index contributed by atoms with van der Waals surface area (Å²) < 4.78 is 0.992. The molecule has 36 heavy (non-hydrogen) atoms. The second-order valence-corrected chi connectivity index (χ2v) is 12.5. The highest BCUT2D eigenvalue weighted by Gasteiger charge is 2.23. The van der Waals surface area contributed by atoms with Gasteiger partial charge in [-0.1, -0.05) is 56.4 Å². The van der Waals surface area contributed by atoms with Gasteiger partial charge in [0.25, 0.3) is 11.8 Å². The smallest absolute Gasteiger partial charge is 0.257 e. The fourth-order valence-corrected chi connectivity index (χ4v) is 5.87. The lowest BCUT2D eigenvalue weighted by atomic mass is 9.87. The van der Waals surface area contributed by atoms with Gasteiger partial charge < -0.3 is 10.0 Å². The lowest BCUT2D eigenvalue weighted by molar-refractivity contribution is 0.0545. The Balaban J connectivity index is 1.35. The predicted molar refractivity (Wildman–Crippen MR) is 147 cm³/mol. The number of nitrogens with one attached hydrogen (secondary N) is 1. The minimum Gasteiger partial charge on any atom is -0.393 e. The Labute approximate surface area is 221 Å². The van der Waals surface area contributed by atoms with E-state index in [1.165, 1.54) is 16.9 Å². The molecule has 1 aliphatic heterocycles. The zero-order chi connectivity index (χ0) is 25.9. The summed E-state index contributed by atoms with van der Waals surface area (Å²) in [7, 11) is 0. The topological polar surface area (TPSA) is 82.5 Å². The summed E-state index contributed by atoms with van der Waals surface area (Å²) in [5, 5.41) is 13.2. The third-order valence-electron chi connectivity index (χ3n) is 6.38. The van der Waals surface area contributed by atoms with E-state index in [9.17, 15) is 14.7 Å². The third-order valence-corrected chi connectivity index (χ3v) is 8.56. The molecule has 2 heterocycles. The maximum Gasteiger partial charge on any atom is 0.257 e. The Morgan fingerprint density at radius 2 is 1.83 bits per heavy atom. The van der Waals surface area contributed by atoms with Crippen molar-refractivity contribution in [1.29, 1.82) is 0 Å². The van der Waals surface area contributed by atoms with Crippen LogP contribution in [-0.4, -0.2) is 46.0 Å². The lowest BCUT2D eigenvalue weighted by Crippen LogP contribution is -2.40. The molecule has 190 valence electrons. The summed E-state index contributed by atoms with van der Waals surface area (Å²) in [4.78, 5) is 31.9. The number of aliphatic hydroxyl groups is 1. The van der Waals surface area contributed by atoms with Gasteiger partial charge in [-0.25, -0.2) is 4.98 Å². The quantitative estimate of drug-likeness (QED) is 0.394. The van der Waals surface area contributed by atoms with Crippen molar-refractivity contribution in [3.63, 3.8) is 0 Å². The van der Waals surface area contributed by atoms with Crippen molar-refractivity contribution in [2.24, 2.45) is 0 Å². The van der Waals surface area contributed by atoms with Crippen LogP contribution in [0.5, 0.6) is 0 Å². The van der Waals surface area contributed by atoms with Crippen LogP contribution in [0.4, 0.5) is 5.13 Å². The third kappa shape index (κ3) is 6.55. The van der Waals surface area contributed by atoms with E-state index in [0.717, 1.165) is 20.9 Å². The number of nitrogens with zero attached hydrogens (tertiary/aromatic N) is 2. The van der Waals surface area contributed by atoms with Gasteiger partial charge in [0, 0.05) is 30.0 Å². The highest BCUT2D eigenvalue weighted by atomic mass is 32.2. The molecule has 2 N–H and O–H groups in total. The van der Waals surface area contributed by atoms with E-state index in [1.807, 2.05) is 54.3 Å². The van der Waals surface area contributed by atoms with Crippen LogP contribution in [0.3, 0.4) is 0 Å². The second-order valence-electron chi connectivity index (χ2n) is 10.2. The Bertz CT molecular complexity index is 1220. The van der Waals surface area contributed by atoms with Gasteiger partial charge in [0.15, 0.2) is 5.13 Å². The second kappa shape index (κ2) is 11.2. The molecular weight excluding hydrogens is 490 g/mol. The first-order valence-electron chi connectivity index (χ1n) is 12.2. The zero-order valence-electron chi connectivity index (χ0n) is 21.2. The standard InChI is InChI=1S/C28H33N3O3S2/c1-18-5-6-19(15-23(18)26(34)31-13-11-22(32)12-14-31)17-35-24-16-29-27(36-24)30-25(33)20-7-9-21(10-8-20)28(2,3)4/h5-10,15-16,22,32H,11-14,17H2,1-4H3,(H,29,30,33). The van der Waals surface area contributed by atoms with E-state index in [2.05, 4.69) is 31.1 Å². The largest absolute Gasteiger partial charge is 0.393 e. The molecule has 4 rings (SSSR count). The number of hydrogen-bond acceptors (Lipinski definition) is 6. The van der Waals surface area contributed by atoms with Crippen LogP contribution in [0, 0.1) is 6.92 Å². The fraction of sp³-hybridized carbons (Fsp3) is 0.393. The Morgan fingerprint density at radius 1 is 1.14 bits per heavy atom. The van der Waals surface area contributed by atoms with Gasteiger partial charge in [-0.3, -0.25) is 14.9 Å². The van der Waals surface area contributed by atoms with Gasteiger partial charge >= 0.3 is 0 Å². The number of benzene rings is 2. The molecule has 0 radical (unpaired) electrons. The number of hydrogen-bond donors (Lipinski definition) is 2. The molecule has 0 atom stereocenters. The Kier molecular flexibility index (Phi) is 8.17. The fourth-order valence-electron chi connectivity index (χ4n) is 4.06. The van der Waals surface area contributed by atoms with Crippen molar-refractivity contribution in [3.8, 4) is 0 Å². The molecule has 0 bridgehead atoms. The molecule has 0 spiro atoms. The number of aryl methyl sites for hydroxylation is 1. The van der Waals surface area contributed by atoms with Crippen molar-refractivity contribution >= 4 is 40.0 Å². The molecule has 1 fully saturated rings. The van der Waals surface area contributed by atoms with Crippen LogP contribution in [-0.2, 0) is 11.2 Å². The SMILES string of the molecule is Cc1ccc(CSc2cnc(NC(=O)c3ccc(C(C)(C)C)cc3)s2)cc1C(=O)N1CCC(O)CC1. The number of aromatic nitrogens is 1. The van der Waals surface area contributed by atoms with Crippen LogP contribution in [0.15, 0.2) is 52.9 Å². The van der Waals surface area contributed by atoms with E-state index < -0.39 is 0 Å². The number of carbonyl (C=O) groups is 2. The number of rotatable bonds is 6. The van der Waals surface area contributed by atoms with Crippen LogP contribution in [0.25, 0.3) is 0 Å². The highest BCUT2D eigenvalue weighted by Crippen LogP contribution is 2.32. The van der Waals surface area contributed by atoms with Gasteiger partial charge in [0.2, 0.25) is 0 Å². The van der Waals surface area contributed by atoms with Crippen LogP contribution in [0.2, 0.25) is 0 Å². The number of carbonyl (C=O) groups excluding carboxylic acids is 2. The number of anilines is 1. The Morgan fingerprint density at radius 3 is 2.50 bits per heavy atom. The first-order valence-corrected chi connectivity index (χ1v) is 14.0. The van der Waals surface area contributed by atoms with Gasteiger partial charge in [-0.2, -0.15) is 0 Å². The molecule has 3 aromatic rings. The number of aliphatic hydroxyl groups excluding tert-OH is 1. The van der Waals surface area contributed by atoms with Crippen molar-refractivity contribution in [2.75, 3.05) is 18.4 Å². The molecule has 1 aliphatic rings. The maximum atomic E-state index is 13.0. The summed E-state index contributed by atoms with van der Waals surface area (Å²) in [6.07, 6.45) is 2.73. The van der Waals surface area contributed by atoms with Crippen LogP contribution >= 0.6 is 23.1 Å². The first kappa shape index (κ1) is 26.4. The van der Waals surface area contributed by atoms with E-state index in [4.69, 9.17) is 0 Å². The van der Waals surface area contributed by atoms with E-state index >= 15 is 0 Å². The molecule has 2 amide bonds. The zero-order valence-corrected chi connectivity index (χ0v) is 22.8. The van der Waals surface area contributed by atoms with Crippen molar-refractivity contribution in [3.05, 3.63) is 76.5 Å². The minimum atomic E-state index is -0.305. The van der Waals surface area contributed by atoms with Crippen molar-refractivity contribution in [2.45, 2.75) is 62.0 Å². The Hall–Kier alpha value is -2.68. The average Bonchev–Trinajstić information content (AvgIpc) is 3.30. The summed E-state index contributed by atoms with van der Waals surface area (Å²) >= 11 is 3.07. The highest BCUT2D eigenvalue weighted by molar-refractivity contribution is 8.00. The molecule has 0 aliphatic carbocycles. The minimum absolute atomic E-state index is 0.0320. The molecule has 2 aromatic carbocycles. The van der Waals surface area contributed by atoms with E-state index in [0.29, 0.717) is 42.4 Å². The molecule has 6 nitrogen and oxygen atoms in total. The lowest BCUT2D eigenvalue weighted by Gasteiger charge is -2.30. The van der Waals surface area contributed by atoms with Crippen molar-refractivity contribution in [1.82, 2.24) is 9.88 Å². The molecular formula is C28H33N3O3S2. The van der Waals surface area contributed by atoms with Crippen molar-refractivity contribution < 1.29 is 14.7 Å². The number of amides is 2. The van der Waals surface area contributed by atoms with Gasteiger partial charge in [0.1, 0.15) is 0 Å². The number of thioether (sulfide) groups is 1. The molecule has 0 unspecified atom stereocenters. The van der Waals surface area contributed by atoms with Gasteiger partial charge in [0.05, 0.1) is 16.5 Å². The maximum absolute atomic E-state index is 13.0. The molecule has 0 saturated carbocycles. The monoisotopic (exact) mass is 523 g/mol. The normalized spacial score (nSPS) is 14.6. The van der Waals surface area contributed by atoms with Gasteiger partial charge in [-0.15, -0.1) is 11.8 Å². The van der Waals surface area contributed by atoms with Crippen LogP contribution in [0.1, 0.15) is 71.0 Å². The van der Waals surface area contributed by atoms with Crippen LogP contribution < -0.4 is 5.32 Å². The molecule has 8 heteroatoms.